The molecule has 1 heterocycles. The van der Waals surface area contributed by atoms with E-state index in [9.17, 15) is 14.0 Å². The summed E-state index contributed by atoms with van der Waals surface area (Å²) in [5.41, 5.74) is 2.19. The lowest BCUT2D eigenvalue weighted by Crippen LogP contribution is -2.46. The molecule has 10 heteroatoms. The molecule has 0 saturated carbocycles. The topological polar surface area (TPSA) is 98.6 Å². The van der Waals surface area contributed by atoms with Crippen LogP contribution in [0.3, 0.4) is 0 Å². The lowest BCUT2D eigenvalue weighted by Gasteiger charge is -2.31. The van der Waals surface area contributed by atoms with Crippen molar-refractivity contribution in [1.82, 2.24) is 20.3 Å². The molecule has 9 nitrogen and oxygen atoms in total. The summed E-state index contributed by atoms with van der Waals surface area (Å²) in [6.45, 7) is 0.349. The van der Waals surface area contributed by atoms with Crippen LogP contribution >= 0.6 is 0 Å². The zero-order valence-electron chi connectivity index (χ0n) is 19.9. The average Bonchev–Trinajstić information content (AvgIpc) is 3.30. The molecule has 3 aromatic carbocycles. The first-order valence-corrected chi connectivity index (χ1v) is 11.3. The van der Waals surface area contributed by atoms with E-state index in [0.29, 0.717) is 34.6 Å². The maximum Gasteiger partial charge on any atom is 0.249 e. The number of anilines is 1. The zero-order chi connectivity index (χ0) is 25.5. The second kappa shape index (κ2) is 11.4. The van der Waals surface area contributed by atoms with Crippen LogP contribution in [0.5, 0.6) is 5.75 Å². The number of aromatic nitrogens is 3. The van der Waals surface area contributed by atoms with Crippen molar-refractivity contribution < 1.29 is 23.5 Å². The Labute approximate surface area is 207 Å². The van der Waals surface area contributed by atoms with Gasteiger partial charge in [-0.1, -0.05) is 35.5 Å². The number of benzene rings is 3. The van der Waals surface area contributed by atoms with Gasteiger partial charge in [-0.2, -0.15) is 0 Å². The number of methoxy groups -OCH3 is 2. The van der Waals surface area contributed by atoms with Crippen molar-refractivity contribution in [2.24, 2.45) is 0 Å². The Bertz CT molecular complexity index is 1340. The summed E-state index contributed by atoms with van der Waals surface area (Å²) in [5, 5.41) is 11.0. The van der Waals surface area contributed by atoms with Gasteiger partial charge in [0.1, 0.15) is 29.7 Å². The summed E-state index contributed by atoms with van der Waals surface area (Å²) in [4.78, 5) is 28.7. The number of hydrogen-bond donors (Lipinski definition) is 1. The van der Waals surface area contributed by atoms with Crippen LogP contribution < -0.4 is 15.0 Å². The van der Waals surface area contributed by atoms with Crippen molar-refractivity contribution in [1.29, 1.82) is 0 Å². The Morgan fingerprint density at radius 1 is 1.06 bits per heavy atom. The molecule has 1 N–H and O–H groups in total. The van der Waals surface area contributed by atoms with Crippen LogP contribution in [-0.2, 0) is 20.9 Å². The minimum Gasteiger partial charge on any atom is -0.497 e. The third-order valence-electron chi connectivity index (χ3n) is 5.60. The maximum absolute atomic E-state index is 13.9. The molecule has 0 unspecified atom stereocenters. The second-order valence-corrected chi connectivity index (χ2v) is 7.94. The van der Waals surface area contributed by atoms with Gasteiger partial charge in [0.05, 0.1) is 19.2 Å². The van der Waals surface area contributed by atoms with E-state index in [1.165, 1.54) is 48.1 Å². The van der Waals surface area contributed by atoms with Crippen molar-refractivity contribution >= 4 is 28.5 Å². The van der Waals surface area contributed by atoms with Crippen LogP contribution in [0.25, 0.3) is 11.0 Å². The number of hydrogen-bond acceptors (Lipinski definition) is 6. The van der Waals surface area contributed by atoms with E-state index in [0.717, 1.165) is 0 Å². The maximum atomic E-state index is 13.9. The molecule has 36 heavy (non-hydrogen) atoms. The van der Waals surface area contributed by atoms with Gasteiger partial charge in [-0.3, -0.25) is 14.5 Å². The Balaban J connectivity index is 1.79. The minimum absolute atomic E-state index is 0.180. The molecule has 0 spiro atoms. The van der Waals surface area contributed by atoms with E-state index < -0.39 is 23.7 Å². The molecule has 0 aliphatic heterocycles. The molecular weight excluding hydrogens is 465 g/mol. The molecule has 0 aliphatic carbocycles. The molecule has 4 rings (SSSR count). The number of amides is 2. The third-order valence-corrected chi connectivity index (χ3v) is 5.60. The summed E-state index contributed by atoms with van der Waals surface area (Å²) < 4.78 is 25.6. The number of para-hydroxylation sites is 1. The molecule has 186 valence electrons. The van der Waals surface area contributed by atoms with Gasteiger partial charge < -0.3 is 14.8 Å². The van der Waals surface area contributed by atoms with Crippen LogP contribution in [0.4, 0.5) is 10.1 Å². The first kappa shape index (κ1) is 24.8. The van der Waals surface area contributed by atoms with Crippen LogP contribution in [0.2, 0.25) is 0 Å². The number of carbonyl (C=O) groups excluding carboxylic acids is 2. The smallest absolute Gasteiger partial charge is 0.249 e. The van der Waals surface area contributed by atoms with Gasteiger partial charge in [0, 0.05) is 25.4 Å². The fraction of sp³-hybridized carbons (Fsp3) is 0.231. The van der Waals surface area contributed by atoms with E-state index in [2.05, 4.69) is 15.6 Å². The Kier molecular flexibility index (Phi) is 7.86. The average molecular weight is 492 g/mol. The molecule has 0 bridgehead atoms. The zero-order valence-corrected chi connectivity index (χ0v) is 19.9. The SMILES string of the molecule is COCCNC(=O)[C@@H](c1ccc(F)cc1)N(C(=O)Cn1nnc2ccccc21)c1cccc(OC)c1. The molecule has 0 saturated heterocycles. The molecule has 0 radical (unpaired) electrons. The highest BCUT2D eigenvalue weighted by Gasteiger charge is 2.33. The van der Waals surface area contributed by atoms with E-state index in [-0.39, 0.29) is 13.1 Å². The summed E-state index contributed by atoms with van der Waals surface area (Å²) in [7, 11) is 3.04. The molecule has 0 fully saturated rings. The fourth-order valence-corrected chi connectivity index (χ4v) is 3.87. The largest absolute Gasteiger partial charge is 0.497 e. The van der Waals surface area contributed by atoms with Gasteiger partial charge in [-0.25, -0.2) is 9.07 Å². The number of carbonyl (C=O) groups is 2. The normalized spacial score (nSPS) is 11.8. The molecule has 2 amide bonds. The first-order chi connectivity index (χ1) is 17.5. The summed E-state index contributed by atoms with van der Waals surface area (Å²) in [5.74, 6) is -0.812. The summed E-state index contributed by atoms with van der Waals surface area (Å²) in [6.07, 6.45) is 0. The van der Waals surface area contributed by atoms with Gasteiger partial charge >= 0.3 is 0 Å². The molecule has 4 aromatic rings. The standard InChI is InChI=1S/C26H26FN5O4/c1-35-15-14-28-26(34)25(18-10-12-19(27)13-11-18)32(20-6-5-7-21(16-20)36-2)24(33)17-31-23-9-4-3-8-22(23)29-30-31/h3-13,16,25H,14-15,17H2,1-2H3,(H,28,34)/t25-/m1/s1. The van der Waals surface area contributed by atoms with Gasteiger partial charge in [0.25, 0.3) is 0 Å². The van der Waals surface area contributed by atoms with E-state index >= 15 is 0 Å². The van der Waals surface area contributed by atoms with E-state index in [1.807, 2.05) is 18.2 Å². The van der Waals surface area contributed by atoms with Crippen molar-refractivity contribution in [3.8, 4) is 5.75 Å². The quantitative estimate of drug-likeness (QED) is 0.342. The van der Waals surface area contributed by atoms with Crippen molar-refractivity contribution in [2.45, 2.75) is 12.6 Å². The second-order valence-electron chi connectivity index (χ2n) is 7.94. The number of ether oxygens (including phenoxy) is 2. The van der Waals surface area contributed by atoms with Crippen molar-refractivity contribution in [3.05, 3.63) is 84.2 Å². The van der Waals surface area contributed by atoms with Gasteiger partial charge in [0.2, 0.25) is 11.8 Å². The fourth-order valence-electron chi connectivity index (χ4n) is 3.87. The van der Waals surface area contributed by atoms with E-state index in [4.69, 9.17) is 9.47 Å². The van der Waals surface area contributed by atoms with Gasteiger partial charge in [-0.05, 0) is 42.0 Å². The van der Waals surface area contributed by atoms with Crippen LogP contribution in [-0.4, -0.2) is 54.2 Å². The highest BCUT2D eigenvalue weighted by atomic mass is 19.1. The van der Waals surface area contributed by atoms with Gasteiger partial charge in [0.15, 0.2) is 0 Å². The number of nitrogens with zero attached hydrogens (tertiary/aromatic N) is 4. The molecule has 1 aromatic heterocycles. The lowest BCUT2D eigenvalue weighted by molar-refractivity contribution is -0.127. The van der Waals surface area contributed by atoms with Crippen LogP contribution in [0.1, 0.15) is 11.6 Å². The molecule has 0 aliphatic rings. The Hall–Kier alpha value is -4.31. The monoisotopic (exact) mass is 491 g/mol. The minimum atomic E-state index is -1.10. The third kappa shape index (κ3) is 5.49. The first-order valence-electron chi connectivity index (χ1n) is 11.3. The highest BCUT2D eigenvalue weighted by molar-refractivity contribution is 6.01. The number of rotatable bonds is 10. The predicted octanol–water partition coefficient (Wildman–Crippen LogP) is 3.12. The van der Waals surface area contributed by atoms with E-state index in [1.54, 1.807) is 30.3 Å². The van der Waals surface area contributed by atoms with Crippen LogP contribution in [0, 0.1) is 5.82 Å². The lowest BCUT2D eigenvalue weighted by atomic mass is 10.0. The van der Waals surface area contributed by atoms with Crippen LogP contribution in [0.15, 0.2) is 72.8 Å². The van der Waals surface area contributed by atoms with Gasteiger partial charge in [-0.15, -0.1) is 5.10 Å². The Morgan fingerprint density at radius 3 is 2.58 bits per heavy atom. The summed E-state index contributed by atoms with van der Waals surface area (Å²) in [6, 6.07) is 18.5. The highest BCUT2D eigenvalue weighted by Crippen LogP contribution is 2.31. The number of nitrogens with one attached hydrogen (secondary N) is 1. The summed E-state index contributed by atoms with van der Waals surface area (Å²) >= 11 is 0. The predicted molar refractivity (Wildman–Crippen MR) is 132 cm³/mol. The number of fused-ring (bicyclic) bond motifs is 1. The Morgan fingerprint density at radius 2 is 1.83 bits per heavy atom. The van der Waals surface area contributed by atoms with Crippen molar-refractivity contribution in [3.63, 3.8) is 0 Å². The molecule has 1 atom stereocenters. The number of halogens is 1. The molecular formula is C26H26FN5O4. The van der Waals surface area contributed by atoms with Crippen molar-refractivity contribution in [2.75, 3.05) is 32.3 Å².